The Labute approximate surface area is 224 Å². The number of hydrogen-bond donors (Lipinski definition) is 3. The molecule has 0 aliphatic carbocycles. The Morgan fingerprint density at radius 2 is 1.61 bits per heavy atom. The van der Waals surface area contributed by atoms with E-state index < -0.39 is 5.97 Å². The van der Waals surface area contributed by atoms with E-state index in [4.69, 9.17) is 9.84 Å². The van der Waals surface area contributed by atoms with Gasteiger partial charge in [0.05, 0.1) is 12.6 Å². The van der Waals surface area contributed by atoms with Gasteiger partial charge in [0.15, 0.2) is 0 Å². The summed E-state index contributed by atoms with van der Waals surface area (Å²) >= 11 is 0. The summed E-state index contributed by atoms with van der Waals surface area (Å²) < 4.78 is 6.42. The van der Waals surface area contributed by atoms with Gasteiger partial charge in [0, 0.05) is 17.7 Å². The Kier molecular flexibility index (Phi) is 10.0. The summed E-state index contributed by atoms with van der Waals surface area (Å²) in [4.78, 5) is 23.0. The van der Waals surface area contributed by atoms with Gasteiger partial charge >= 0.3 is 5.97 Å². The first-order valence-electron chi connectivity index (χ1n) is 12.9. The number of amides is 1. The highest BCUT2D eigenvalue weighted by Crippen LogP contribution is 2.32. The van der Waals surface area contributed by atoms with Crippen LogP contribution in [0.4, 0.5) is 0 Å². The van der Waals surface area contributed by atoms with E-state index >= 15 is 0 Å². The highest BCUT2D eigenvalue weighted by Gasteiger charge is 2.18. The van der Waals surface area contributed by atoms with Gasteiger partial charge in [-0.1, -0.05) is 75.3 Å². The molecule has 0 aliphatic rings. The number of carbonyl (C=O) groups is 2. The quantitative estimate of drug-likeness (QED) is 0.142. The molecule has 3 aromatic rings. The fraction of sp³-hybridized carbons (Fsp3) is 0.323. The van der Waals surface area contributed by atoms with Gasteiger partial charge < -0.3 is 20.4 Å². The molecule has 0 bridgehead atoms. The third kappa shape index (κ3) is 7.93. The lowest BCUT2D eigenvalue weighted by Gasteiger charge is -2.22. The Bertz CT molecular complexity index is 1250. The molecule has 1 atom stereocenters. The van der Waals surface area contributed by atoms with Gasteiger partial charge in [-0.15, -0.1) is 0 Å². The van der Waals surface area contributed by atoms with Gasteiger partial charge in [0.2, 0.25) is 0 Å². The molecule has 3 N–H and O–H groups in total. The number of hydrogen-bond acceptors (Lipinski definition) is 5. The molecule has 0 saturated carbocycles. The van der Waals surface area contributed by atoms with Gasteiger partial charge in [0.1, 0.15) is 11.9 Å². The van der Waals surface area contributed by atoms with Gasteiger partial charge in [0.25, 0.3) is 5.91 Å². The molecular formula is C31H36N2O5. The monoisotopic (exact) mass is 516 g/mol. The van der Waals surface area contributed by atoms with E-state index in [1.807, 2.05) is 30.3 Å². The van der Waals surface area contributed by atoms with Crippen molar-refractivity contribution < 1.29 is 24.6 Å². The summed E-state index contributed by atoms with van der Waals surface area (Å²) in [5.41, 5.74) is 5.32. The van der Waals surface area contributed by atoms with Crippen LogP contribution in [0.2, 0.25) is 0 Å². The van der Waals surface area contributed by atoms with Crippen molar-refractivity contribution in [3.05, 3.63) is 89.0 Å². The van der Waals surface area contributed by atoms with Crippen molar-refractivity contribution in [2.75, 3.05) is 6.54 Å². The van der Waals surface area contributed by atoms with Crippen LogP contribution in [0, 0.1) is 5.92 Å². The van der Waals surface area contributed by atoms with Crippen molar-refractivity contribution in [2.45, 2.75) is 52.6 Å². The molecule has 3 aromatic carbocycles. The molecule has 0 aliphatic heterocycles. The minimum Gasteiger partial charge on any atom is -0.486 e. The lowest BCUT2D eigenvalue weighted by molar-refractivity contribution is -0.136. The van der Waals surface area contributed by atoms with E-state index in [2.05, 4.69) is 62.4 Å². The van der Waals surface area contributed by atoms with Crippen molar-refractivity contribution in [3.8, 4) is 16.9 Å². The number of carboxylic acids is 1. The van der Waals surface area contributed by atoms with Gasteiger partial charge in [-0.25, -0.2) is 0 Å². The SMILES string of the molecule is CC(C)CC(Oc1ccc(-c2ccc(C(C)C)cc2)c(C=NO)c1)c1ccc(C(=O)NCCC(=O)O)cc1. The van der Waals surface area contributed by atoms with Gasteiger partial charge in [-0.2, -0.15) is 0 Å². The number of nitrogens with one attached hydrogen (secondary N) is 1. The third-order valence-corrected chi connectivity index (χ3v) is 6.24. The van der Waals surface area contributed by atoms with Crippen molar-refractivity contribution in [3.63, 3.8) is 0 Å². The lowest BCUT2D eigenvalue weighted by atomic mass is 9.96. The fourth-order valence-electron chi connectivity index (χ4n) is 4.17. The van der Waals surface area contributed by atoms with E-state index in [-0.39, 0.29) is 25.0 Å². The van der Waals surface area contributed by atoms with Gasteiger partial charge in [-0.05, 0) is 64.8 Å². The zero-order valence-corrected chi connectivity index (χ0v) is 22.3. The fourth-order valence-corrected chi connectivity index (χ4v) is 4.17. The molecule has 0 saturated heterocycles. The smallest absolute Gasteiger partial charge is 0.305 e. The van der Waals surface area contributed by atoms with Crippen molar-refractivity contribution >= 4 is 18.1 Å². The summed E-state index contributed by atoms with van der Waals surface area (Å²) in [7, 11) is 0. The molecule has 0 spiro atoms. The molecule has 0 fully saturated rings. The van der Waals surface area contributed by atoms with Crippen LogP contribution in [0.1, 0.15) is 79.6 Å². The van der Waals surface area contributed by atoms with E-state index in [9.17, 15) is 14.8 Å². The number of carboxylic acid groups (broad SMARTS) is 1. The Morgan fingerprint density at radius 1 is 0.947 bits per heavy atom. The average Bonchev–Trinajstić information content (AvgIpc) is 2.88. The maximum absolute atomic E-state index is 12.3. The summed E-state index contributed by atoms with van der Waals surface area (Å²) in [5, 5.41) is 23.9. The third-order valence-electron chi connectivity index (χ3n) is 6.24. The van der Waals surface area contributed by atoms with Crippen LogP contribution in [0.15, 0.2) is 71.9 Å². The summed E-state index contributed by atoms with van der Waals surface area (Å²) in [6.07, 6.45) is 1.79. The van der Waals surface area contributed by atoms with Crippen molar-refractivity contribution in [1.82, 2.24) is 5.32 Å². The predicted octanol–water partition coefficient (Wildman–Crippen LogP) is 6.66. The predicted molar refractivity (Wildman–Crippen MR) is 149 cm³/mol. The molecule has 200 valence electrons. The van der Waals surface area contributed by atoms with Crippen LogP contribution < -0.4 is 10.1 Å². The molecule has 7 nitrogen and oxygen atoms in total. The van der Waals surface area contributed by atoms with Crippen molar-refractivity contribution in [1.29, 1.82) is 0 Å². The van der Waals surface area contributed by atoms with E-state index in [1.54, 1.807) is 12.1 Å². The topological polar surface area (TPSA) is 108 Å². The second-order valence-corrected chi connectivity index (χ2v) is 10.0. The van der Waals surface area contributed by atoms with Crippen LogP contribution in [0.25, 0.3) is 11.1 Å². The zero-order valence-electron chi connectivity index (χ0n) is 22.3. The number of benzene rings is 3. The summed E-state index contributed by atoms with van der Waals surface area (Å²) in [5.74, 6) is 0.167. The Hall–Kier alpha value is -4.13. The molecule has 7 heteroatoms. The number of rotatable bonds is 12. The first-order chi connectivity index (χ1) is 18.2. The van der Waals surface area contributed by atoms with Crippen molar-refractivity contribution in [2.24, 2.45) is 11.1 Å². The maximum Gasteiger partial charge on any atom is 0.305 e. The largest absolute Gasteiger partial charge is 0.486 e. The first-order valence-corrected chi connectivity index (χ1v) is 12.9. The Balaban J connectivity index is 1.82. The lowest BCUT2D eigenvalue weighted by Crippen LogP contribution is -2.26. The molecule has 0 heterocycles. The minimum absolute atomic E-state index is 0.0757. The van der Waals surface area contributed by atoms with Crippen LogP contribution in [0.5, 0.6) is 5.75 Å². The summed E-state index contributed by atoms with van der Waals surface area (Å²) in [6, 6.07) is 21.3. The zero-order chi connectivity index (χ0) is 27.7. The average molecular weight is 517 g/mol. The molecule has 0 aromatic heterocycles. The minimum atomic E-state index is -0.959. The molecule has 1 amide bonds. The summed E-state index contributed by atoms with van der Waals surface area (Å²) in [6.45, 7) is 8.63. The highest BCUT2D eigenvalue weighted by molar-refractivity contribution is 5.94. The van der Waals surface area contributed by atoms with Crippen LogP contribution in [-0.2, 0) is 4.79 Å². The first kappa shape index (κ1) is 28.4. The molecule has 3 rings (SSSR count). The number of oxime groups is 1. The van der Waals surface area contributed by atoms with E-state index in [0.717, 1.165) is 28.7 Å². The van der Waals surface area contributed by atoms with E-state index in [1.165, 1.54) is 11.8 Å². The van der Waals surface area contributed by atoms with Crippen LogP contribution >= 0.6 is 0 Å². The second-order valence-electron chi connectivity index (χ2n) is 10.0. The normalized spacial score (nSPS) is 12.2. The molecule has 1 unspecified atom stereocenters. The molecular weight excluding hydrogens is 480 g/mol. The molecule has 0 radical (unpaired) electrons. The second kappa shape index (κ2) is 13.4. The Morgan fingerprint density at radius 3 is 2.18 bits per heavy atom. The van der Waals surface area contributed by atoms with Crippen LogP contribution in [-0.4, -0.2) is 34.9 Å². The number of ether oxygens (including phenoxy) is 1. The molecule has 38 heavy (non-hydrogen) atoms. The highest BCUT2D eigenvalue weighted by atomic mass is 16.5. The number of nitrogens with zero attached hydrogens (tertiary/aromatic N) is 1. The standard InChI is InChI=1S/C31H36N2O5/c1-20(2)17-29(24-9-11-25(12-10-24)31(36)32-16-15-30(34)35)38-27-13-14-28(26(18-27)19-33-37)23-7-5-22(6-8-23)21(3)4/h5-14,18-21,29,37H,15-17H2,1-4H3,(H,32,36)(H,34,35). The number of aliphatic carboxylic acids is 1. The maximum atomic E-state index is 12.3. The van der Waals surface area contributed by atoms with Crippen LogP contribution in [0.3, 0.4) is 0 Å². The van der Waals surface area contributed by atoms with Gasteiger partial charge in [-0.3, -0.25) is 9.59 Å². The van der Waals surface area contributed by atoms with E-state index in [0.29, 0.717) is 23.1 Å². The number of carbonyl (C=O) groups excluding carboxylic acids is 1.